The first-order valence-electron chi connectivity index (χ1n) is 17.4. The second-order valence-electron chi connectivity index (χ2n) is 13.2. The van der Waals surface area contributed by atoms with Gasteiger partial charge in [-0.2, -0.15) is 4.31 Å². The summed E-state index contributed by atoms with van der Waals surface area (Å²) in [4.78, 5) is 42.9. The van der Waals surface area contributed by atoms with Crippen LogP contribution in [0.25, 0.3) is 10.8 Å². The van der Waals surface area contributed by atoms with Gasteiger partial charge in [0.05, 0.1) is 50.5 Å². The number of sulfonamides is 1. The third kappa shape index (κ3) is 12.6. The van der Waals surface area contributed by atoms with E-state index in [4.69, 9.17) is 18.9 Å². The highest BCUT2D eigenvalue weighted by Gasteiger charge is 2.30. The molecule has 290 valence electrons. The highest BCUT2D eigenvalue weighted by atomic mass is 32.2. The number of nitro groups is 1. The quantitative estimate of drug-likeness (QED) is 0.0685. The summed E-state index contributed by atoms with van der Waals surface area (Å²) in [6.45, 7) is 6.57. The van der Waals surface area contributed by atoms with Gasteiger partial charge in [0, 0.05) is 56.2 Å². The summed E-state index contributed by atoms with van der Waals surface area (Å²) >= 11 is 0. The summed E-state index contributed by atoms with van der Waals surface area (Å²) in [5.74, 6) is -1.000. The average Bonchev–Trinajstić information content (AvgIpc) is 3.14. The second kappa shape index (κ2) is 19.9. The van der Waals surface area contributed by atoms with E-state index >= 15 is 0 Å². The van der Waals surface area contributed by atoms with Crippen molar-refractivity contribution >= 4 is 44.2 Å². The van der Waals surface area contributed by atoms with Gasteiger partial charge >= 0.3 is 6.09 Å². The van der Waals surface area contributed by atoms with E-state index in [1.165, 1.54) is 30.1 Å². The number of carbonyl (C=O) groups is 2. The number of benzene rings is 3. The van der Waals surface area contributed by atoms with Crippen molar-refractivity contribution < 1.29 is 41.9 Å². The molecular weight excluding hydrogens is 719 g/mol. The number of nitro benzene ring substituents is 1. The zero-order chi connectivity index (χ0) is 39.1. The standard InChI is InChI=1S/C38H47N5O10S/c1-38(2,3)53-37(45)42(28-33(29-10-6-5-7-11-29)36(44)40-32-15-14-31-27-39-17-16-30(31)26-32)19-21-51-23-25-52-24-22-50-20-18-41(4)54(48,49)35-13-9-8-12-34(35)43(46)47/h5-17,26-27,33H,18-25,28H2,1-4H3,(H,40,44)/t33-/m1/s1. The molecule has 1 heterocycles. The third-order valence-corrected chi connectivity index (χ3v) is 9.94. The lowest BCUT2D eigenvalue weighted by Gasteiger charge is -2.30. The van der Waals surface area contributed by atoms with Gasteiger partial charge in [-0.1, -0.05) is 48.5 Å². The fraction of sp³-hybridized carbons (Fsp3) is 0.395. The smallest absolute Gasteiger partial charge is 0.410 e. The lowest BCUT2D eigenvalue weighted by molar-refractivity contribution is -0.387. The molecule has 15 nitrogen and oxygen atoms in total. The van der Waals surface area contributed by atoms with E-state index in [9.17, 15) is 28.1 Å². The molecule has 1 N–H and O–H groups in total. The Morgan fingerprint density at radius 3 is 2.15 bits per heavy atom. The summed E-state index contributed by atoms with van der Waals surface area (Å²) in [6, 6.07) is 21.9. The van der Waals surface area contributed by atoms with Gasteiger partial charge in [0.2, 0.25) is 15.9 Å². The molecule has 0 radical (unpaired) electrons. The van der Waals surface area contributed by atoms with Gasteiger partial charge in [-0.15, -0.1) is 0 Å². The molecule has 1 atom stereocenters. The number of para-hydroxylation sites is 1. The molecule has 16 heteroatoms. The Labute approximate surface area is 315 Å². The number of rotatable bonds is 20. The zero-order valence-electron chi connectivity index (χ0n) is 30.9. The van der Waals surface area contributed by atoms with E-state index in [0.717, 1.165) is 26.7 Å². The monoisotopic (exact) mass is 765 g/mol. The molecule has 0 bridgehead atoms. The van der Waals surface area contributed by atoms with Gasteiger partial charge in [-0.3, -0.25) is 19.9 Å². The van der Waals surface area contributed by atoms with Crippen LogP contribution in [-0.4, -0.2) is 111 Å². The zero-order valence-corrected chi connectivity index (χ0v) is 31.7. The molecule has 54 heavy (non-hydrogen) atoms. The third-order valence-electron chi connectivity index (χ3n) is 8.03. The molecule has 2 amide bonds. The Kier molecular flexibility index (Phi) is 15.4. The number of nitrogens with one attached hydrogen (secondary N) is 1. The van der Waals surface area contributed by atoms with Gasteiger partial charge < -0.3 is 29.2 Å². The Morgan fingerprint density at radius 1 is 0.852 bits per heavy atom. The number of likely N-dealkylation sites (N-methyl/N-ethyl adjacent to an activating group) is 1. The number of nitrogens with zero attached hydrogens (tertiary/aromatic N) is 4. The van der Waals surface area contributed by atoms with E-state index in [1.807, 2.05) is 54.6 Å². The summed E-state index contributed by atoms with van der Waals surface area (Å²) in [7, 11) is -2.75. The number of carbonyl (C=O) groups excluding carboxylic acids is 2. The molecule has 0 aliphatic rings. The van der Waals surface area contributed by atoms with Crippen LogP contribution in [0.15, 0.2) is 96.2 Å². The molecule has 0 unspecified atom stereocenters. The molecule has 0 saturated carbocycles. The minimum Gasteiger partial charge on any atom is -0.444 e. The van der Waals surface area contributed by atoms with Crippen molar-refractivity contribution in [2.75, 3.05) is 71.6 Å². The second-order valence-corrected chi connectivity index (χ2v) is 15.2. The maximum absolute atomic E-state index is 13.8. The number of hydrogen-bond donors (Lipinski definition) is 1. The largest absolute Gasteiger partial charge is 0.444 e. The Hall–Kier alpha value is -5.00. The molecule has 0 aliphatic heterocycles. The van der Waals surface area contributed by atoms with Crippen LogP contribution in [0.2, 0.25) is 0 Å². The van der Waals surface area contributed by atoms with E-state index in [0.29, 0.717) is 5.69 Å². The number of anilines is 1. The van der Waals surface area contributed by atoms with E-state index < -0.39 is 38.2 Å². The molecule has 0 fully saturated rings. The van der Waals surface area contributed by atoms with Crippen LogP contribution in [-0.2, 0) is 33.8 Å². The van der Waals surface area contributed by atoms with E-state index in [-0.39, 0.29) is 70.1 Å². The first-order valence-corrected chi connectivity index (χ1v) is 18.8. The number of pyridine rings is 1. The Balaban J connectivity index is 1.24. The van der Waals surface area contributed by atoms with Crippen LogP contribution in [0.1, 0.15) is 32.3 Å². The van der Waals surface area contributed by atoms with Crippen LogP contribution in [0.3, 0.4) is 0 Å². The highest BCUT2D eigenvalue weighted by Crippen LogP contribution is 2.26. The van der Waals surface area contributed by atoms with E-state index in [1.54, 1.807) is 33.2 Å². The normalized spacial score (nSPS) is 12.4. The number of amides is 2. The predicted molar refractivity (Wildman–Crippen MR) is 203 cm³/mol. The minimum atomic E-state index is -4.08. The van der Waals surface area contributed by atoms with Crippen LogP contribution >= 0.6 is 0 Å². The van der Waals surface area contributed by atoms with Gasteiger partial charge in [0.15, 0.2) is 4.90 Å². The molecule has 4 aromatic rings. The van der Waals surface area contributed by atoms with Gasteiger partial charge in [0.25, 0.3) is 5.69 Å². The van der Waals surface area contributed by atoms with Crippen LogP contribution in [0.5, 0.6) is 0 Å². The first kappa shape index (κ1) is 41.8. The minimum absolute atomic E-state index is 0.0141. The summed E-state index contributed by atoms with van der Waals surface area (Å²) in [6.07, 6.45) is 2.87. The fourth-order valence-corrected chi connectivity index (χ4v) is 6.55. The van der Waals surface area contributed by atoms with Gasteiger partial charge in [0.1, 0.15) is 5.60 Å². The van der Waals surface area contributed by atoms with Crippen LogP contribution in [0, 0.1) is 10.1 Å². The number of hydrogen-bond acceptors (Lipinski definition) is 11. The number of fused-ring (bicyclic) bond motifs is 1. The van der Waals surface area contributed by atoms with Crippen molar-refractivity contribution in [3.63, 3.8) is 0 Å². The summed E-state index contributed by atoms with van der Waals surface area (Å²) in [5.41, 5.74) is 0.101. The lowest BCUT2D eigenvalue weighted by atomic mass is 9.97. The van der Waals surface area contributed by atoms with Crippen LogP contribution in [0.4, 0.5) is 16.2 Å². The average molecular weight is 766 g/mol. The summed E-state index contributed by atoms with van der Waals surface area (Å²) in [5, 5.41) is 16.2. The maximum Gasteiger partial charge on any atom is 0.410 e. The van der Waals surface area contributed by atoms with Crippen molar-refractivity contribution in [3.05, 3.63) is 107 Å². The maximum atomic E-state index is 13.8. The van der Waals surface area contributed by atoms with Gasteiger partial charge in [-0.25, -0.2) is 13.2 Å². The Bertz CT molecular complexity index is 1960. The SMILES string of the molecule is CN(CCOCCOCCOCCN(C[C@@H](C(=O)Nc1ccc2cnccc2c1)c1ccccc1)C(=O)OC(C)(C)C)S(=O)(=O)c1ccccc1[N+](=O)[O-]. The molecule has 3 aromatic carbocycles. The molecular formula is C38H47N5O10S. The highest BCUT2D eigenvalue weighted by molar-refractivity contribution is 7.89. The number of aromatic nitrogens is 1. The van der Waals surface area contributed by atoms with Gasteiger partial charge in [-0.05, 0) is 56.0 Å². The van der Waals surface area contributed by atoms with E-state index in [2.05, 4.69) is 10.3 Å². The van der Waals surface area contributed by atoms with Crippen molar-refractivity contribution in [2.45, 2.75) is 37.2 Å². The van der Waals surface area contributed by atoms with Crippen LogP contribution < -0.4 is 5.32 Å². The summed E-state index contributed by atoms with van der Waals surface area (Å²) < 4.78 is 49.1. The van der Waals surface area contributed by atoms with Crippen molar-refractivity contribution in [1.29, 1.82) is 0 Å². The predicted octanol–water partition coefficient (Wildman–Crippen LogP) is 5.47. The molecule has 0 spiro atoms. The van der Waals surface area contributed by atoms with Crippen molar-refractivity contribution in [2.24, 2.45) is 0 Å². The fourth-order valence-electron chi connectivity index (χ4n) is 5.24. The molecule has 0 saturated heterocycles. The first-order chi connectivity index (χ1) is 25.8. The topological polar surface area (TPSA) is 180 Å². The van der Waals surface area contributed by atoms with Crippen molar-refractivity contribution in [1.82, 2.24) is 14.2 Å². The molecule has 4 rings (SSSR count). The number of ether oxygens (including phenoxy) is 4. The molecule has 0 aliphatic carbocycles. The van der Waals surface area contributed by atoms with Crippen molar-refractivity contribution in [3.8, 4) is 0 Å². The Morgan fingerprint density at radius 2 is 1.48 bits per heavy atom. The lowest BCUT2D eigenvalue weighted by Crippen LogP contribution is -2.43. The molecule has 1 aromatic heterocycles.